The minimum Gasteiger partial charge on any atom is -0.496 e. The second-order valence-corrected chi connectivity index (χ2v) is 6.47. The number of nitrogens with one attached hydrogen (secondary N) is 3. The Kier molecular flexibility index (Phi) is 5.86. The molecule has 7 heteroatoms. The van der Waals surface area contributed by atoms with Crippen molar-refractivity contribution >= 4 is 51.3 Å². The number of fused-ring (bicyclic) bond motifs is 1. The fourth-order valence-corrected chi connectivity index (χ4v) is 2.98. The Labute approximate surface area is 167 Å². The van der Waals surface area contributed by atoms with Crippen LogP contribution in [0, 0.1) is 0 Å². The van der Waals surface area contributed by atoms with Gasteiger partial charge in [-0.15, -0.1) is 0 Å². The smallest absolute Gasteiger partial charge is 0.259 e. The zero-order chi connectivity index (χ0) is 20.1. The SMILES string of the molecule is COc1cc2ccccc2cc1C(=O)Nc1ccc(NC(=S)NC(C)=O)cc1. The molecule has 0 bridgehead atoms. The Balaban J connectivity index is 1.75. The standard InChI is InChI=1S/C21H19N3O3S/c1-13(25)22-21(28)24-17-9-7-16(8-10-17)23-20(26)18-11-14-5-3-4-6-15(14)12-19(18)27-2/h3-12H,1-2H3,(H,23,26)(H2,22,24,25,28). The Morgan fingerprint density at radius 1 is 0.893 bits per heavy atom. The molecule has 0 aromatic heterocycles. The summed E-state index contributed by atoms with van der Waals surface area (Å²) in [5.41, 5.74) is 1.77. The summed E-state index contributed by atoms with van der Waals surface area (Å²) in [5.74, 6) is -0.00191. The molecule has 6 nitrogen and oxygen atoms in total. The molecule has 0 aliphatic rings. The van der Waals surface area contributed by atoms with Crippen LogP contribution in [0.5, 0.6) is 5.75 Å². The zero-order valence-corrected chi connectivity index (χ0v) is 16.2. The number of carbonyl (C=O) groups is 2. The molecule has 3 aromatic rings. The van der Waals surface area contributed by atoms with Gasteiger partial charge in [-0.1, -0.05) is 24.3 Å². The molecule has 0 fully saturated rings. The first-order chi connectivity index (χ1) is 13.5. The maximum Gasteiger partial charge on any atom is 0.259 e. The largest absolute Gasteiger partial charge is 0.496 e. The fraction of sp³-hybridized carbons (Fsp3) is 0.0952. The molecule has 142 valence electrons. The highest BCUT2D eigenvalue weighted by Crippen LogP contribution is 2.27. The number of ether oxygens (including phenoxy) is 1. The van der Waals surface area contributed by atoms with Crippen LogP contribution >= 0.6 is 12.2 Å². The van der Waals surface area contributed by atoms with Crippen LogP contribution in [-0.2, 0) is 4.79 Å². The third-order valence-corrected chi connectivity index (χ3v) is 4.21. The van der Waals surface area contributed by atoms with Crippen molar-refractivity contribution in [1.82, 2.24) is 5.32 Å². The second-order valence-electron chi connectivity index (χ2n) is 6.07. The monoisotopic (exact) mass is 393 g/mol. The summed E-state index contributed by atoms with van der Waals surface area (Å²) in [6.07, 6.45) is 0. The van der Waals surface area contributed by atoms with Crippen LogP contribution in [0.3, 0.4) is 0 Å². The number of hydrogen-bond acceptors (Lipinski definition) is 4. The number of hydrogen-bond donors (Lipinski definition) is 3. The first-order valence-electron chi connectivity index (χ1n) is 8.53. The van der Waals surface area contributed by atoms with E-state index in [-0.39, 0.29) is 16.9 Å². The van der Waals surface area contributed by atoms with E-state index in [1.165, 1.54) is 6.92 Å². The van der Waals surface area contributed by atoms with Gasteiger partial charge in [0.1, 0.15) is 5.75 Å². The van der Waals surface area contributed by atoms with Gasteiger partial charge < -0.3 is 20.7 Å². The van der Waals surface area contributed by atoms with Gasteiger partial charge in [0.15, 0.2) is 5.11 Å². The van der Waals surface area contributed by atoms with Gasteiger partial charge in [0, 0.05) is 18.3 Å². The van der Waals surface area contributed by atoms with Crippen LogP contribution in [0.2, 0.25) is 0 Å². The van der Waals surface area contributed by atoms with E-state index >= 15 is 0 Å². The van der Waals surface area contributed by atoms with Crippen LogP contribution in [0.1, 0.15) is 17.3 Å². The lowest BCUT2D eigenvalue weighted by molar-refractivity contribution is -0.117. The van der Waals surface area contributed by atoms with E-state index in [1.54, 1.807) is 31.4 Å². The van der Waals surface area contributed by atoms with Crippen molar-refractivity contribution < 1.29 is 14.3 Å². The van der Waals surface area contributed by atoms with Crippen molar-refractivity contribution in [1.29, 1.82) is 0 Å². The molecular formula is C21H19N3O3S. The number of amides is 2. The predicted octanol–water partition coefficient (Wildman–Crippen LogP) is 3.93. The highest BCUT2D eigenvalue weighted by atomic mass is 32.1. The van der Waals surface area contributed by atoms with Gasteiger partial charge in [-0.2, -0.15) is 0 Å². The Hall–Kier alpha value is -3.45. The van der Waals surface area contributed by atoms with Gasteiger partial charge in [0.25, 0.3) is 5.91 Å². The number of rotatable bonds is 4. The number of carbonyl (C=O) groups excluding carboxylic acids is 2. The van der Waals surface area contributed by atoms with Crippen molar-refractivity contribution in [2.24, 2.45) is 0 Å². The Bertz CT molecular complexity index is 1050. The molecule has 3 aromatic carbocycles. The quantitative estimate of drug-likeness (QED) is 0.585. The first-order valence-corrected chi connectivity index (χ1v) is 8.94. The molecule has 28 heavy (non-hydrogen) atoms. The van der Waals surface area contributed by atoms with Crippen LogP contribution in [0.4, 0.5) is 11.4 Å². The van der Waals surface area contributed by atoms with Crippen molar-refractivity contribution in [2.45, 2.75) is 6.92 Å². The third-order valence-electron chi connectivity index (χ3n) is 4.00. The molecule has 0 heterocycles. The molecule has 0 saturated carbocycles. The molecule has 0 aliphatic carbocycles. The topological polar surface area (TPSA) is 79.5 Å². The van der Waals surface area contributed by atoms with E-state index in [0.717, 1.165) is 10.8 Å². The summed E-state index contributed by atoms with van der Waals surface area (Å²) in [7, 11) is 1.54. The zero-order valence-electron chi connectivity index (χ0n) is 15.4. The molecule has 0 spiro atoms. The molecule has 3 rings (SSSR count). The maximum atomic E-state index is 12.7. The van der Waals surface area contributed by atoms with Crippen molar-refractivity contribution in [3.05, 3.63) is 66.2 Å². The summed E-state index contributed by atoms with van der Waals surface area (Å²) < 4.78 is 5.39. The lowest BCUT2D eigenvalue weighted by Crippen LogP contribution is -2.32. The summed E-state index contributed by atoms with van der Waals surface area (Å²) in [4.78, 5) is 23.7. The second kappa shape index (κ2) is 8.49. The predicted molar refractivity (Wildman–Crippen MR) is 115 cm³/mol. The molecule has 0 unspecified atom stereocenters. The summed E-state index contributed by atoms with van der Waals surface area (Å²) in [5, 5.41) is 10.4. The molecular weight excluding hydrogens is 374 g/mol. The van der Waals surface area contributed by atoms with Crippen molar-refractivity contribution in [3.63, 3.8) is 0 Å². The number of benzene rings is 3. The lowest BCUT2D eigenvalue weighted by Gasteiger charge is -2.12. The first kappa shape index (κ1) is 19.3. The van der Waals surface area contributed by atoms with Gasteiger partial charge in [-0.25, -0.2) is 0 Å². The van der Waals surface area contributed by atoms with E-state index in [0.29, 0.717) is 22.7 Å². The van der Waals surface area contributed by atoms with Crippen molar-refractivity contribution in [3.8, 4) is 5.75 Å². The van der Waals surface area contributed by atoms with Crippen LogP contribution < -0.4 is 20.7 Å². The van der Waals surface area contributed by atoms with E-state index in [4.69, 9.17) is 17.0 Å². The normalized spacial score (nSPS) is 10.2. The minimum absolute atomic E-state index is 0.213. The molecule has 0 radical (unpaired) electrons. The molecule has 2 amide bonds. The average molecular weight is 393 g/mol. The van der Waals surface area contributed by atoms with Crippen LogP contribution in [0.15, 0.2) is 60.7 Å². The average Bonchev–Trinajstić information content (AvgIpc) is 2.67. The van der Waals surface area contributed by atoms with Gasteiger partial charge in [-0.3, -0.25) is 9.59 Å². The van der Waals surface area contributed by atoms with Crippen LogP contribution in [0.25, 0.3) is 10.8 Å². The molecule has 0 aliphatic heterocycles. The Morgan fingerprint density at radius 3 is 2.04 bits per heavy atom. The lowest BCUT2D eigenvalue weighted by atomic mass is 10.1. The van der Waals surface area contributed by atoms with Crippen molar-refractivity contribution in [2.75, 3.05) is 17.7 Å². The van der Waals surface area contributed by atoms with Gasteiger partial charge in [0.2, 0.25) is 5.91 Å². The summed E-state index contributed by atoms with van der Waals surface area (Å²) in [6, 6.07) is 18.4. The van der Waals surface area contributed by atoms with Gasteiger partial charge in [0.05, 0.1) is 12.7 Å². The van der Waals surface area contributed by atoms with Gasteiger partial charge in [-0.05, 0) is 59.4 Å². The highest BCUT2D eigenvalue weighted by Gasteiger charge is 2.14. The maximum absolute atomic E-state index is 12.7. The van der Waals surface area contributed by atoms with E-state index < -0.39 is 0 Å². The summed E-state index contributed by atoms with van der Waals surface area (Å²) >= 11 is 5.02. The molecule has 3 N–H and O–H groups in total. The molecule has 0 atom stereocenters. The molecule has 0 saturated heterocycles. The van der Waals surface area contributed by atoms with Gasteiger partial charge >= 0.3 is 0 Å². The third kappa shape index (κ3) is 4.63. The number of thiocarbonyl (C=S) groups is 1. The fourth-order valence-electron chi connectivity index (χ4n) is 2.72. The minimum atomic E-state index is -0.267. The Morgan fingerprint density at radius 2 is 1.46 bits per heavy atom. The number of anilines is 2. The van der Waals surface area contributed by atoms with E-state index in [2.05, 4.69) is 16.0 Å². The van der Waals surface area contributed by atoms with E-state index in [1.807, 2.05) is 36.4 Å². The van der Waals surface area contributed by atoms with Crippen LogP contribution in [-0.4, -0.2) is 24.0 Å². The van der Waals surface area contributed by atoms with E-state index in [9.17, 15) is 9.59 Å². The highest BCUT2D eigenvalue weighted by molar-refractivity contribution is 7.80. The summed E-state index contributed by atoms with van der Waals surface area (Å²) in [6.45, 7) is 1.38. The number of methoxy groups -OCH3 is 1.